The summed E-state index contributed by atoms with van der Waals surface area (Å²) in [6, 6.07) is 5.29. The van der Waals surface area contributed by atoms with Gasteiger partial charge in [0.15, 0.2) is 0 Å². The predicted molar refractivity (Wildman–Crippen MR) is 70.0 cm³/mol. The highest BCUT2D eigenvalue weighted by Gasteiger charge is 2.37. The van der Waals surface area contributed by atoms with E-state index in [1.54, 1.807) is 24.5 Å². The minimum absolute atomic E-state index is 0.0696. The Morgan fingerprint density at radius 2 is 2.21 bits per heavy atom. The number of rotatable bonds is 2. The number of nitrogens with two attached hydrogens (primary N) is 1. The number of fused-ring (bicyclic) bond motifs is 1. The summed E-state index contributed by atoms with van der Waals surface area (Å²) in [5.74, 6) is -0.238. The number of amides is 1. The Morgan fingerprint density at radius 1 is 1.42 bits per heavy atom. The zero-order valence-electron chi connectivity index (χ0n) is 9.91. The number of sulfonamides is 1. The molecule has 0 radical (unpaired) electrons. The van der Waals surface area contributed by atoms with E-state index in [9.17, 15) is 13.2 Å². The first-order chi connectivity index (χ1) is 8.95. The van der Waals surface area contributed by atoms with Crippen LogP contribution in [0.3, 0.4) is 0 Å². The number of hydrogen-bond acceptors (Lipinski definition) is 4. The van der Waals surface area contributed by atoms with Crippen LogP contribution in [0.15, 0.2) is 24.5 Å². The van der Waals surface area contributed by atoms with Crippen LogP contribution in [0.25, 0.3) is 11.0 Å². The molecule has 100 valence electrons. The number of hydrogen-bond donors (Lipinski definition) is 2. The van der Waals surface area contributed by atoms with Crippen LogP contribution in [-0.2, 0) is 14.8 Å². The highest BCUT2D eigenvalue weighted by molar-refractivity contribution is 7.89. The molecule has 0 spiro atoms. The van der Waals surface area contributed by atoms with Crippen LogP contribution < -0.4 is 10.0 Å². The van der Waals surface area contributed by atoms with Gasteiger partial charge in [-0.05, 0) is 18.2 Å². The van der Waals surface area contributed by atoms with E-state index in [0.717, 1.165) is 11.0 Å². The monoisotopic (exact) mass is 280 g/mol. The number of imidazole rings is 1. The quantitative estimate of drug-likeness (QED) is 0.804. The molecule has 2 heterocycles. The molecule has 1 aromatic carbocycles. The van der Waals surface area contributed by atoms with Crippen LogP contribution in [0, 0.1) is 0 Å². The Bertz CT molecular complexity index is 752. The molecule has 7 nitrogen and oxygen atoms in total. The molecule has 1 amide bonds. The minimum Gasteiger partial charge on any atom is -0.345 e. The molecule has 1 unspecified atom stereocenters. The van der Waals surface area contributed by atoms with E-state index in [4.69, 9.17) is 5.14 Å². The summed E-state index contributed by atoms with van der Waals surface area (Å²) in [4.78, 5) is 20.4. The highest BCUT2D eigenvalue weighted by atomic mass is 32.2. The zero-order valence-corrected chi connectivity index (χ0v) is 10.7. The molecule has 1 atom stereocenters. The normalized spacial score (nSPS) is 20.4. The van der Waals surface area contributed by atoms with Crippen molar-refractivity contribution in [3.8, 4) is 0 Å². The zero-order chi connectivity index (χ0) is 13.6. The number of carbonyl (C=O) groups is 1. The number of nitrogens with zero attached hydrogens (tertiary/aromatic N) is 2. The van der Waals surface area contributed by atoms with Crippen LogP contribution in [0.5, 0.6) is 0 Å². The Kier molecular flexibility index (Phi) is 2.58. The first-order valence-corrected chi connectivity index (χ1v) is 7.31. The van der Waals surface area contributed by atoms with Crippen molar-refractivity contribution in [1.82, 2.24) is 9.97 Å². The molecule has 1 aliphatic heterocycles. The Hall–Kier alpha value is -1.93. The number of benzene rings is 1. The van der Waals surface area contributed by atoms with Crippen molar-refractivity contribution >= 4 is 32.7 Å². The molecule has 1 aromatic heterocycles. The van der Waals surface area contributed by atoms with E-state index in [-0.39, 0.29) is 18.9 Å². The second-order valence-corrected chi connectivity index (χ2v) is 6.37. The molecule has 2 aromatic rings. The van der Waals surface area contributed by atoms with Gasteiger partial charge in [0.05, 0.1) is 17.4 Å². The predicted octanol–water partition coefficient (Wildman–Crippen LogP) is -0.0433. The van der Waals surface area contributed by atoms with Gasteiger partial charge in [-0.1, -0.05) is 0 Å². The number of anilines is 1. The Balaban J connectivity index is 1.96. The van der Waals surface area contributed by atoms with E-state index in [2.05, 4.69) is 9.97 Å². The van der Waals surface area contributed by atoms with Crippen LogP contribution in [-0.4, -0.2) is 36.1 Å². The van der Waals surface area contributed by atoms with E-state index in [1.165, 1.54) is 4.90 Å². The highest BCUT2D eigenvalue weighted by Crippen LogP contribution is 2.26. The van der Waals surface area contributed by atoms with Crippen molar-refractivity contribution < 1.29 is 13.2 Å². The van der Waals surface area contributed by atoms with Crippen LogP contribution in [0.2, 0.25) is 0 Å². The first-order valence-electron chi connectivity index (χ1n) is 5.70. The number of primary sulfonamides is 1. The number of H-pyrrole nitrogens is 1. The van der Waals surface area contributed by atoms with Crippen molar-refractivity contribution in [2.45, 2.75) is 11.7 Å². The second-order valence-electron chi connectivity index (χ2n) is 4.52. The fourth-order valence-corrected chi connectivity index (χ4v) is 2.97. The molecule has 1 fully saturated rings. The van der Waals surface area contributed by atoms with E-state index in [1.807, 2.05) is 0 Å². The lowest BCUT2D eigenvalue weighted by Crippen LogP contribution is -2.32. The molecule has 1 aliphatic rings. The van der Waals surface area contributed by atoms with Crippen molar-refractivity contribution in [2.75, 3.05) is 11.4 Å². The average molecular weight is 280 g/mol. The topological polar surface area (TPSA) is 109 Å². The van der Waals surface area contributed by atoms with Gasteiger partial charge < -0.3 is 9.88 Å². The lowest BCUT2D eigenvalue weighted by molar-refractivity contribution is -0.117. The summed E-state index contributed by atoms with van der Waals surface area (Å²) < 4.78 is 22.6. The summed E-state index contributed by atoms with van der Waals surface area (Å²) >= 11 is 0. The Labute approximate surface area is 109 Å². The van der Waals surface area contributed by atoms with Gasteiger partial charge in [-0.3, -0.25) is 4.79 Å². The van der Waals surface area contributed by atoms with Gasteiger partial charge in [0.25, 0.3) is 0 Å². The molecular formula is C11H12N4O3S. The molecule has 19 heavy (non-hydrogen) atoms. The first kappa shape index (κ1) is 12.1. The molecule has 0 saturated carbocycles. The van der Waals surface area contributed by atoms with Gasteiger partial charge in [-0.25, -0.2) is 18.5 Å². The molecule has 8 heteroatoms. The van der Waals surface area contributed by atoms with Gasteiger partial charge >= 0.3 is 0 Å². The Morgan fingerprint density at radius 3 is 2.89 bits per heavy atom. The van der Waals surface area contributed by atoms with Gasteiger partial charge in [-0.15, -0.1) is 0 Å². The summed E-state index contributed by atoms with van der Waals surface area (Å²) in [7, 11) is -3.69. The van der Waals surface area contributed by atoms with Crippen molar-refractivity contribution in [1.29, 1.82) is 0 Å². The maximum Gasteiger partial charge on any atom is 0.228 e. The van der Waals surface area contributed by atoms with Crippen LogP contribution in [0.1, 0.15) is 6.42 Å². The third-order valence-electron chi connectivity index (χ3n) is 3.27. The maximum absolute atomic E-state index is 11.9. The van der Waals surface area contributed by atoms with Crippen molar-refractivity contribution in [3.63, 3.8) is 0 Å². The van der Waals surface area contributed by atoms with Crippen LogP contribution >= 0.6 is 0 Å². The van der Waals surface area contributed by atoms with Gasteiger partial charge in [0, 0.05) is 18.7 Å². The average Bonchev–Trinajstić information content (AvgIpc) is 2.92. The minimum atomic E-state index is -3.69. The number of aromatic amines is 1. The lowest BCUT2D eigenvalue weighted by Gasteiger charge is -2.16. The molecule has 3 rings (SSSR count). The van der Waals surface area contributed by atoms with E-state index in [0.29, 0.717) is 5.69 Å². The third-order valence-corrected chi connectivity index (χ3v) is 4.51. The number of nitrogens with one attached hydrogen (secondary N) is 1. The summed E-state index contributed by atoms with van der Waals surface area (Å²) in [6.45, 7) is 0.0946. The summed E-state index contributed by atoms with van der Waals surface area (Å²) in [6.07, 6.45) is 1.49. The summed E-state index contributed by atoms with van der Waals surface area (Å²) in [5.41, 5.74) is 2.23. The van der Waals surface area contributed by atoms with E-state index < -0.39 is 15.3 Å². The molecule has 0 bridgehead atoms. The standard InChI is InChI=1S/C11H12N4O3S/c12-19(17,18)8-4-11(16)15(5-8)7-1-2-9-10(3-7)14-6-13-9/h1-3,6,8H,4-5H2,(H,13,14)(H2,12,17,18). The summed E-state index contributed by atoms with van der Waals surface area (Å²) in [5, 5.41) is 4.26. The lowest BCUT2D eigenvalue weighted by atomic mass is 10.2. The fraction of sp³-hybridized carbons (Fsp3) is 0.273. The van der Waals surface area contributed by atoms with Gasteiger partial charge in [-0.2, -0.15) is 0 Å². The largest absolute Gasteiger partial charge is 0.345 e. The van der Waals surface area contributed by atoms with Crippen LogP contribution in [0.4, 0.5) is 5.69 Å². The third kappa shape index (κ3) is 2.08. The van der Waals surface area contributed by atoms with E-state index >= 15 is 0 Å². The molecular weight excluding hydrogens is 268 g/mol. The maximum atomic E-state index is 11.9. The van der Waals surface area contributed by atoms with Crippen molar-refractivity contribution in [3.05, 3.63) is 24.5 Å². The molecule has 1 saturated heterocycles. The van der Waals surface area contributed by atoms with Gasteiger partial charge in [0.1, 0.15) is 5.25 Å². The number of carbonyl (C=O) groups excluding carboxylic acids is 1. The van der Waals surface area contributed by atoms with Gasteiger partial charge in [0.2, 0.25) is 15.9 Å². The fourth-order valence-electron chi connectivity index (χ4n) is 2.24. The second kappa shape index (κ2) is 4.04. The van der Waals surface area contributed by atoms with Crippen molar-refractivity contribution in [2.24, 2.45) is 5.14 Å². The number of aromatic nitrogens is 2. The SMILES string of the molecule is NS(=O)(=O)C1CC(=O)N(c2ccc3nc[nH]c3c2)C1. The smallest absolute Gasteiger partial charge is 0.228 e. The molecule has 0 aliphatic carbocycles. The molecule has 3 N–H and O–H groups in total.